The number of aliphatic carboxylic acids is 2. The molecule has 22 heavy (non-hydrogen) atoms. The van der Waals surface area contributed by atoms with Gasteiger partial charge in [0.25, 0.3) is 0 Å². The molecule has 0 aromatic carbocycles. The van der Waals surface area contributed by atoms with Crippen LogP contribution in [0.2, 0.25) is 0 Å². The zero-order valence-corrected chi connectivity index (χ0v) is 12.0. The van der Waals surface area contributed by atoms with E-state index in [9.17, 15) is 27.6 Å². The lowest BCUT2D eigenvalue weighted by atomic mass is 10.1. The number of hydrogen-bond acceptors (Lipinski definition) is 7. The zero-order valence-electron chi connectivity index (χ0n) is 11.2. The van der Waals surface area contributed by atoms with Crippen molar-refractivity contribution in [1.82, 2.24) is 10.6 Å². The molecule has 0 bridgehead atoms. The third-order valence-electron chi connectivity index (χ3n) is 2.26. The maximum Gasteiger partial charge on any atom is 0.322 e. The van der Waals surface area contributed by atoms with Crippen LogP contribution in [-0.4, -0.2) is 66.4 Å². The molecule has 0 fully saturated rings. The van der Waals surface area contributed by atoms with Gasteiger partial charge in [0, 0.05) is 6.42 Å². The van der Waals surface area contributed by atoms with Crippen molar-refractivity contribution in [1.29, 1.82) is 0 Å². The Morgan fingerprint density at radius 3 is 2.23 bits per heavy atom. The highest BCUT2D eigenvalue weighted by molar-refractivity contribution is 7.71. The van der Waals surface area contributed by atoms with E-state index in [2.05, 4.69) is 0 Å². The van der Waals surface area contributed by atoms with Gasteiger partial charge in [0.2, 0.25) is 22.1 Å². The molecule has 0 radical (unpaired) electrons. The van der Waals surface area contributed by atoms with Crippen LogP contribution in [0.1, 0.15) is 12.8 Å². The van der Waals surface area contributed by atoms with Crippen molar-refractivity contribution < 1.29 is 37.8 Å². The van der Waals surface area contributed by atoms with Crippen LogP contribution >= 0.6 is 0 Å². The predicted octanol–water partition coefficient (Wildman–Crippen LogP) is -3.45. The smallest absolute Gasteiger partial charge is 0.322 e. The highest BCUT2D eigenvalue weighted by atomic mass is 32.2. The molecule has 0 aliphatic heterocycles. The van der Waals surface area contributed by atoms with Gasteiger partial charge in [-0.25, -0.2) is 0 Å². The largest absolute Gasteiger partial charge is 0.480 e. The number of carboxylic acids is 2. The lowest BCUT2D eigenvalue weighted by molar-refractivity contribution is -0.139. The Hall–Kier alpha value is -2.47. The average Bonchev–Trinajstić information content (AvgIpc) is 2.40. The van der Waals surface area contributed by atoms with E-state index in [1.807, 2.05) is 10.6 Å². The second-order valence-corrected chi connectivity index (χ2v) is 4.83. The summed E-state index contributed by atoms with van der Waals surface area (Å²) in [4.78, 5) is 43.9. The topological polar surface area (TPSA) is 193 Å². The second-order valence-electron chi connectivity index (χ2n) is 4.04. The highest BCUT2D eigenvalue weighted by Crippen LogP contribution is 1.95. The van der Waals surface area contributed by atoms with Crippen molar-refractivity contribution in [2.45, 2.75) is 24.9 Å². The third kappa shape index (κ3) is 8.65. The summed E-state index contributed by atoms with van der Waals surface area (Å²) in [6.07, 6.45) is -0.569. The van der Waals surface area contributed by atoms with Crippen LogP contribution in [0.4, 0.5) is 0 Å². The van der Waals surface area contributed by atoms with Gasteiger partial charge >= 0.3 is 11.9 Å². The molecule has 124 valence electrons. The summed E-state index contributed by atoms with van der Waals surface area (Å²) in [5.74, 6) is -4.51. The van der Waals surface area contributed by atoms with E-state index in [0.717, 1.165) is 0 Å². The van der Waals surface area contributed by atoms with Gasteiger partial charge in [-0.15, -0.1) is 0 Å². The minimum absolute atomic E-state index is 0.217. The van der Waals surface area contributed by atoms with E-state index in [4.69, 9.17) is 15.9 Å². The van der Waals surface area contributed by atoms with Crippen molar-refractivity contribution >= 4 is 39.4 Å². The number of nitrogens with two attached hydrogens (primary N) is 1. The summed E-state index contributed by atoms with van der Waals surface area (Å²) in [5.41, 5.74) is 5.19. The zero-order chi connectivity index (χ0) is 17.3. The maximum atomic E-state index is 11.6. The third-order valence-corrected chi connectivity index (χ3v) is 2.75. The fourth-order valence-corrected chi connectivity index (χ4v) is 1.61. The molecular weight excluding hydrogens is 322 g/mol. The van der Waals surface area contributed by atoms with Gasteiger partial charge in [-0.05, 0) is 6.42 Å². The molecule has 2 amide bonds. The monoisotopic (exact) mass is 337 g/mol. The highest BCUT2D eigenvalue weighted by Gasteiger charge is 2.21. The minimum atomic E-state index is -2.78. The first-order chi connectivity index (χ1) is 10.1. The number of hydrogen-bond donors (Lipinski definition) is 5. The Bertz CT molecular complexity index is 577. The fraction of sp³-hybridized carbons (Fsp3) is 0.500. The Morgan fingerprint density at radius 1 is 1.18 bits per heavy atom. The fourth-order valence-electron chi connectivity index (χ4n) is 1.20. The predicted molar refractivity (Wildman–Crippen MR) is 72.4 cm³/mol. The molecule has 0 heterocycles. The van der Waals surface area contributed by atoms with E-state index < -0.39 is 52.7 Å². The Balaban J connectivity index is 4.68. The van der Waals surface area contributed by atoms with Gasteiger partial charge in [-0.3, -0.25) is 19.2 Å². The molecule has 0 rings (SSSR count). The van der Waals surface area contributed by atoms with Gasteiger partial charge in [0.1, 0.15) is 18.6 Å². The quantitative estimate of drug-likeness (QED) is 0.266. The van der Waals surface area contributed by atoms with Crippen molar-refractivity contribution in [3.63, 3.8) is 0 Å². The van der Waals surface area contributed by atoms with Crippen molar-refractivity contribution in [2.75, 3.05) is 6.54 Å². The van der Waals surface area contributed by atoms with E-state index in [-0.39, 0.29) is 12.8 Å². The molecule has 11 nitrogen and oxygen atoms in total. The number of nitrogens with one attached hydrogen (secondary N) is 2. The van der Waals surface area contributed by atoms with Crippen LogP contribution in [0, 0.1) is 0 Å². The molecule has 0 aromatic heterocycles. The van der Waals surface area contributed by atoms with E-state index in [1.165, 1.54) is 0 Å². The van der Waals surface area contributed by atoms with Crippen LogP contribution in [0.25, 0.3) is 0 Å². The standard InChI is InChI=1S/C10H15N3O8S/c11-5(10(18)19)1-2-7(14)13-6(4-22(20)21)9(17)12-3-8(15)16/h4-6H,1-3,11H2,(H,12,17)(H,13,14)(H,15,16)(H,18,19)/t5-,6+/m0/s1. The van der Waals surface area contributed by atoms with Gasteiger partial charge in [-0.1, -0.05) is 0 Å². The van der Waals surface area contributed by atoms with Crippen LogP contribution in [0.15, 0.2) is 0 Å². The van der Waals surface area contributed by atoms with Crippen LogP contribution in [0.3, 0.4) is 0 Å². The summed E-state index contributed by atoms with van der Waals surface area (Å²) in [7, 11) is -2.78. The van der Waals surface area contributed by atoms with Crippen LogP contribution in [0.5, 0.6) is 0 Å². The number of carboxylic acid groups (broad SMARTS) is 2. The van der Waals surface area contributed by atoms with Gasteiger partial charge in [0.05, 0.1) is 5.37 Å². The first-order valence-corrected chi connectivity index (χ1v) is 6.97. The molecule has 12 heteroatoms. The van der Waals surface area contributed by atoms with Gasteiger partial charge < -0.3 is 26.6 Å². The summed E-state index contributed by atoms with van der Waals surface area (Å²) < 4.78 is 21.2. The first-order valence-electron chi connectivity index (χ1n) is 5.83. The molecule has 0 unspecified atom stereocenters. The Kier molecular flexibility index (Phi) is 8.40. The van der Waals surface area contributed by atoms with E-state index >= 15 is 0 Å². The van der Waals surface area contributed by atoms with Crippen molar-refractivity contribution in [3.05, 3.63) is 0 Å². The Morgan fingerprint density at radius 2 is 1.77 bits per heavy atom. The summed E-state index contributed by atoms with van der Waals surface area (Å²) >= 11 is 0. The second kappa shape index (κ2) is 9.46. The maximum absolute atomic E-state index is 11.6. The van der Waals surface area contributed by atoms with Crippen LogP contribution < -0.4 is 16.4 Å². The average molecular weight is 337 g/mol. The number of rotatable bonds is 9. The van der Waals surface area contributed by atoms with E-state index in [0.29, 0.717) is 5.37 Å². The minimum Gasteiger partial charge on any atom is -0.480 e. The summed E-state index contributed by atoms with van der Waals surface area (Å²) in [6.45, 7) is -0.756. The molecule has 6 N–H and O–H groups in total. The molecule has 0 aliphatic carbocycles. The molecular formula is C10H15N3O8S. The molecule has 0 saturated heterocycles. The van der Waals surface area contributed by atoms with Gasteiger partial charge in [0.15, 0.2) is 0 Å². The number of amides is 2. The molecule has 0 saturated carbocycles. The first kappa shape index (κ1) is 19.5. The van der Waals surface area contributed by atoms with Gasteiger partial charge in [-0.2, -0.15) is 8.42 Å². The molecule has 0 spiro atoms. The van der Waals surface area contributed by atoms with Crippen molar-refractivity contribution in [2.24, 2.45) is 5.73 Å². The number of carbonyl (C=O) groups is 4. The number of carbonyl (C=O) groups excluding carboxylic acids is 2. The van der Waals surface area contributed by atoms with Crippen molar-refractivity contribution in [3.8, 4) is 0 Å². The Labute approximate surface area is 126 Å². The molecule has 0 aliphatic rings. The van der Waals surface area contributed by atoms with E-state index in [1.54, 1.807) is 0 Å². The summed E-state index contributed by atoms with van der Waals surface area (Å²) in [5, 5.41) is 21.3. The lowest BCUT2D eigenvalue weighted by Crippen LogP contribution is -2.49. The van der Waals surface area contributed by atoms with Crippen LogP contribution in [-0.2, 0) is 29.5 Å². The summed E-state index contributed by atoms with van der Waals surface area (Å²) in [6, 6.07) is -2.88. The normalized spacial score (nSPS) is 12.6. The molecule has 0 aromatic rings. The SMILES string of the molecule is N[C@@H](CCC(=O)N[C@H](C=S(=O)=O)C(=O)NCC(=O)O)C(=O)O. The lowest BCUT2D eigenvalue weighted by Gasteiger charge is -2.13. The molecule has 2 atom stereocenters.